The van der Waals surface area contributed by atoms with Gasteiger partial charge in [0.2, 0.25) is 0 Å². The van der Waals surface area contributed by atoms with Crippen molar-refractivity contribution in [3.05, 3.63) is 11.1 Å². The van der Waals surface area contributed by atoms with Gasteiger partial charge >= 0.3 is 5.97 Å². The maximum absolute atomic E-state index is 11.1. The molecule has 2 rings (SSSR count). The summed E-state index contributed by atoms with van der Waals surface area (Å²) in [5, 5.41) is 6.37. The van der Waals surface area contributed by atoms with Gasteiger partial charge < -0.3 is 14.8 Å². The molecule has 6 heteroatoms. The lowest BCUT2D eigenvalue weighted by atomic mass is 10.1. The number of methoxy groups -OCH3 is 1. The lowest BCUT2D eigenvalue weighted by molar-refractivity contribution is -0.140. The van der Waals surface area contributed by atoms with Crippen LogP contribution >= 0.6 is 11.3 Å². The summed E-state index contributed by atoms with van der Waals surface area (Å²) in [6, 6.07) is 0.434. The van der Waals surface area contributed by atoms with Gasteiger partial charge in [-0.1, -0.05) is 0 Å². The van der Waals surface area contributed by atoms with E-state index in [2.05, 4.69) is 22.0 Å². The van der Waals surface area contributed by atoms with E-state index in [4.69, 9.17) is 4.74 Å². The molecule has 1 fully saturated rings. The van der Waals surface area contributed by atoms with E-state index in [1.807, 2.05) is 5.38 Å². The Hall–Kier alpha value is -1.14. The first kappa shape index (κ1) is 14.3. The van der Waals surface area contributed by atoms with Crippen molar-refractivity contribution in [3.8, 4) is 0 Å². The molecule has 5 nitrogen and oxygen atoms in total. The standard InChI is InChI=1S/C13H20N2O3S/c1-9-7-10(5-6-18-9)14-13-15-11(8-19-13)3-4-12(16)17-2/h8-10H,3-7H2,1-2H3,(H,14,15). The van der Waals surface area contributed by atoms with Gasteiger partial charge in [-0.15, -0.1) is 11.3 Å². The molecule has 0 aromatic carbocycles. The van der Waals surface area contributed by atoms with E-state index in [1.165, 1.54) is 7.11 Å². The Bertz CT molecular complexity index is 422. The summed E-state index contributed by atoms with van der Waals surface area (Å²) in [6.07, 6.45) is 3.35. The van der Waals surface area contributed by atoms with Crippen molar-refractivity contribution in [1.29, 1.82) is 0 Å². The monoisotopic (exact) mass is 284 g/mol. The molecule has 2 unspecified atom stereocenters. The van der Waals surface area contributed by atoms with Crippen molar-refractivity contribution in [2.45, 2.75) is 44.8 Å². The second-order valence-corrected chi connectivity index (χ2v) is 5.63. The highest BCUT2D eigenvalue weighted by molar-refractivity contribution is 7.13. The van der Waals surface area contributed by atoms with Crippen LogP contribution in [-0.4, -0.2) is 36.8 Å². The van der Waals surface area contributed by atoms with Gasteiger partial charge in [0.05, 0.1) is 25.3 Å². The number of aryl methyl sites for hydroxylation is 1. The van der Waals surface area contributed by atoms with Crippen molar-refractivity contribution >= 4 is 22.4 Å². The van der Waals surface area contributed by atoms with E-state index >= 15 is 0 Å². The molecule has 19 heavy (non-hydrogen) atoms. The van der Waals surface area contributed by atoms with Crippen LogP contribution in [0, 0.1) is 0 Å². The van der Waals surface area contributed by atoms with Gasteiger partial charge in [-0.2, -0.15) is 0 Å². The van der Waals surface area contributed by atoms with Crippen LogP contribution in [-0.2, 0) is 20.7 Å². The number of carbonyl (C=O) groups is 1. The number of aromatic nitrogens is 1. The number of rotatable bonds is 5. The highest BCUT2D eigenvalue weighted by Crippen LogP contribution is 2.22. The molecule has 1 aromatic rings. The molecule has 1 aromatic heterocycles. The summed E-state index contributed by atoms with van der Waals surface area (Å²) in [4.78, 5) is 15.6. The number of esters is 1. The molecular formula is C13H20N2O3S. The highest BCUT2D eigenvalue weighted by atomic mass is 32.1. The van der Waals surface area contributed by atoms with E-state index in [-0.39, 0.29) is 5.97 Å². The van der Waals surface area contributed by atoms with Gasteiger partial charge in [0.25, 0.3) is 0 Å². The van der Waals surface area contributed by atoms with E-state index in [0.717, 1.165) is 30.3 Å². The van der Waals surface area contributed by atoms with E-state index in [1.54, 1.807) is 11.3 Å². The molecule has 2 heterocycles. The number of ether oxygens (including phenoxy) is 2. The molecule has 1 aliphatic rings. The first-order valence-electron chi connectivity index (χ1n) is 6.56. The Morgan fingerprint density at radius 1 is 1.68 bits per heavy atom. The van der Waals surface area contributed by atoms with Gasteiger partial charge in [0, 0.05) is 24.4 Å². The van der Waals surface area contributed by atoms with Crippen LogP contribution in [0.2, 0.25) is 0 Å². The normalized spacial score (nSPS) is 23.1. The number of hydrogen-bond acceptors (Lipinski definition) is 6. The molecular weight excluding hydrogens is 264 g/mol. The quantitative estimate of drug-likeness (QED) is 0.840. The number of anilines is 1. The highest BCUT2D eigenvalue weighted by Gasteiger charge is 2.19. The van der Waals surface area contributed by atoms with Crippen LogP contribution in [0.4, 0.5) is 5.13 Å². The molecule has 0 spiro atoms. The van der Waals surface area contributed by atoms with Crippen molar-refractivity contribution in [3.63, 3.8) is 0 Å². The van der Waals surface area contributed by atoms with E-state index in [0.29, 0.717) is 25.0 Å². The molecule has 1 aliphatic heterocycles. The van der Waals surface area contributed by atoms with Gasteiger partial charge in [-0.05, 0) is 19.8 Å². The SMILES string of the molecule is COC(=O)CCc1csc(NC2CCOC(C)C2)n1. The summed E-state index contributed by atoms with van der Waals surface area (Å²) in [7, 11) is 1.41. The topological polar surface area (TPSA) is 60.5 Å². The van der Waals surface area contributed by atoms with Crippen molar-refractivity contribution in [2.24, 2.45) is 0 Å². The minimum atomic E-state index is -0.194. The summed E-state index contributed by atoms with van der Waals surface area (Å²) >= 11 is 1.59. The second kappa shape index (κ2) is 6.86. The van der Waals surface area contributed by atoms with Crippen LogP contribution in [0.1, 0.15) is 31.9 Å². The Morgan fingerprint density at radius 3 is 3.26 bits per heavy atom. The Morgan fingerprint density at radius 2 is 2.53 bits per heavy atom. The predicted octanol–water partition coefficient (Wildman–Crippen LogP) is 2.23. The molecule has 0 bridgehead atoms. The number of carbonyl (C=O) groups excluding carboxylic acids is 1. The Kier molecular flexibility index (Phi) is 5.15. The van der Waals surface area contributed by atoms with E-state index < -0.39 is 0 Å². The fraction of sp³-hybridized carbons (Fsp3) is 0.692. The molecule has 1 saturated heterocycles. The average Bonchev–Trinajstić information content (AvgIpc) is 2.83. The zero-order valence-corrected chi connectivity index (χ0v) is 12.2. The Balaban J connectivity index is 1.81. The lowest BCUT2D eigenvalue weighted by Crippen LogP contribution is -2.32. The van der Waals surface area contributed by atoms with Gasteiger partial charge in [-0.3, -0.25) is 4.79 Å². The maximum atomic E-state index is 11.1. The molecule has 0 saturated carbocycles. The van der Waals surface area contributed by atoms with Crippen LogP contribution in [0.15, 0.2) is 5.38 Å². The fourth-order valence-electron chi connectivity index (χ4n) is 2.12. The Labute approximate surface area is 117 Å². The summed E-state index contributed by atoms with van der Waals surface area (Å²) in [6.45, 7) is 2.90. The zero-order valence-electron chi connectivity index (χ0n) is 11.3. The van der Waals surface area contributed by atoms with Crippen LogP contribution < -0.4 is 5.32 Å². The van der Waals surface area contributed by atoms with Crippen LogP contribution in [0.5, 0.6) is 0 Å². The predicted molar refractivity (Wildman–Crippen MR) is 74.5 cm³/mol. The third-order valence-corrected chi connectivity index (χ3v) is 4.00. The first-order valence-corrected chi connectivity index (χ1v) is 7.44. The third kappa shape index (κ3) is 4.47. The van der Waals surface area contributed by atoms with Crippen molar-refractivity contribution in [2.75, 3.05) is 19.0 Å². The third-order valence-electron chi connectivity index (χ3n) is 3.18. The second-order valence-electron chi connectivity index (χ2n) is 4.77. The number of nitrogens with one attached hydrogen (secondary N) is 1. The molecule has 0 aliphatic carbocycles. The van der Waals surface area contributed by atoms with Gasteiger partial charge in [0.1, 0.15) is 0 Å². The summed E-state index contributed by atoms with van der Waals surface area (Å²) < 4.78 is 10.1. The maximum Gasteiger partial charge on any atom is 0.305 e. The smallest absolute Gasteiger partial charge is 0.305 e. The first-order chi connectivity index (χ1) is 9.17. The van der Waals surface area contributed by atoms with Crippen LogP contribution in [0.25, 0.3) is 0 Å². The zero-order chi connectivity index (χ0) is 13.7. The average molecular weight is 284 g/mol. The molecule has 0 amide bonds. The molecule has 106 valence electrons. The van der Waals surface area contributed by atoms with Gasteiger partial charge in [0.15, 0.2) is 5.13 Å². The lowest BCUT2D eigenvalue weighted by Gasteiger charge is -2.27. The number of nitrogens with zero attached hydrogens (tertiary/aromatic N) is 1. The number of hydrogen-bond donors (Lipinski definition) is 1. The largest absolute Gasteiger partial charge is 0.469 e. The van der Waals surface area contributed by atoms with Gasteiger partial charge in [-0.25, -0.2) is 4.98 Å². The molecule has 2 atom stereocenters. The van der Waals surface area contributed by atoms with Crippen molar-refractivity contribution in [1.82, 2.24) is 4.98 Å². The van der Waals surface area contributed by atoms with Crippen LogP contribution in [0.3, 0.4) is 0 Å². The molecule has 0 radical (unpaired) electrons. The van der Waals surface area contributed by atoms with Crippen molar-refractivity contribution < 1.29 is 14.3 Å². The van der Waals surface area contributed by atoms with E-state index in [9.17, 15) is 4.79 Å². The number of thiazole rings is 1. The summed E-state index contributed by atoms with van der Waals surface area (Å²) in [5.41, 5.74) is 0.943. The minimum Gasteiger partial charge on any atom is -0.469 e. The minimum absolute atomic E-state index is 0.194. The molecule has 1 N–H and O–H groups in total. The fourth-order valence-corrected chi connectivity index (χ4v) is 2.95. The summed E-state index contributed by atoms with van der Waals surface area (Å²) in [5.74, 6) is -0.194.